The highest BCUT2D eigenvalue weighted by molar-refractivity contribution is 5.36. The largest absolute Gasteiger partial charge is 0.434 e. The second-order valence-corrected chi connectivity index (χ2v) is 3.46. The molecule has 108 valence electrons. The Balaban J connectivity index is 3.54. The molecule has 0 N–H and O–H groups in total. The molecule has 1 aliphatic rings. The first-order chi connectivity index (χ1) is 7.50. The summed E-state index contributed by atoms with van der Waals surface area (Å²) >= 11 is 0. The molecular weight excluding hydrogens is 300 g/mol. The molecular formula is C6F12. The summed E-state index contributed by atoms with van der Waals surface area (Å²) in [5.74, 6) is -14.0. The molecule has 0 atom stereocenters. The van der Waals surface area contributed by atoms with Gasteiger partial charge >= 0.3 is 35.5 Å². The van der Waals surface area contributed by atoms with Gasteiger partial charge in [-0.05, 0) is 0 Å². The molecule has 1 saturated carbocycles. The molecule has 0 bridgehead atoms. The monoisotopic (exact) mass is 300 g/mol. The van der Waals surface area contributed by atoms with E-state index in [1.807, 2.05) is 0 Å². The number of rotatable bonds is 0. The van der Waals surface area contributed by atoms with Crippen molar-refractivity contribution in [3.63, 3.8) is 0 Å². The lowest BCUT2D eigenvalue weighted by Gasteiger charge is -2.57. The second-order valence-electron chi connectivity index (χ2n) is 3.46. The lowest BCUT2D eigenvalue weighted by atomic mass is 9.60. The first kappa shape index (κ1) is 15.2. The molecule has 1 fully saturated rings. The molecule has 0 aromatic rings. The average molecular weight is 300 g/mol. The van der Waals surface area contributed by atoms with E-state index in [0.29, 0.717) is 0 Å². The average Bonchev–Trinajstić information content (AvgIpc) is 2.10. The second kappa shape index (κ2) is 3.00. The fourth-order valence-electron chi connectivity index (χ4n) is 1.52. The molecule has 18 heavy (non-hydrogen) atoms. The number of alkyl halides is 12. The van der Waals surface area contributed by atoms with Crippen LogP contribution in [0, 0.1) is 0 Å². The van der Waals surface area contributed by atoms with Gasteiger partial charge < -0.3 is 0 Å². The van der Waals surface area contributed by atoms with Crippen LogP contribution in [0.25, 0.3) is 0 Å². The van der Waals surface area contributed by atoms with Crippen molar-refractivity contribution in [1.82, 2.24) is 0 Å². The first-order valence-corrected chi connectivity index (χ1v) is 3.77. The van der Waals surface area contributed by atoms with Gasteiger partial charge in [-0.15, -0.1) is 0 Å². The van der Waals surface area contributed by atoms with Crippen LogP contribution in [0.5, 0.6) is 0 Å². The fraction of sp³-hybridized carbons (Fsp3) is 1.00. The van der Waals surface area contributed by atoms with Crippen molar-refractivity contribution in [3.05, 3.63) is 0 Å². The summed E-state index contributed by atoms with van der Waals surface area (Å²) in [5.41, 5.74) is -13.8. The molecule has 1 rings (SSSR count). The smallest absolute Gasteiger partial charge is 0.220 e. The van der Waals surface area contributed by atoms with Crippen molar-refractivity contribution in [3.8, 4) is 0 Å². The van der Waals surface area contributed by atoms with E-state index in [1.54, 1.807) is 0 Å². The highest BCUT2D eigenvalue weighted by Crippen LogP contribution is 2.75. The number of hydrogen-bond donors (Lipinski definition) is 0. The van der Waals surface area contributed by atoms with Crippen molar-refractivity contribution in [2.45, 2.75) is 35.5 Å². The standard InChI is InChI=1S/C6F12/c7-1(5(13,14)15)3(9,10)2(8,4(1,11)12)6(16,17)18. The zero-order chi connectivity index (χ0) is 15.0. The lowest BCUT2D eigenvalue weighted by molar-refractivity contribution is -0.530. The maximum Gasteiger partial charge on any atom is 0.434 e. The van der Waals surface area contributed by atoms with Crippen molar-refractivity contribution in [2.75, 3.05) is 0 Å². The topological polar surface area (TPSA) is 0 Å². The van der Waals surface area contributed by atoms with E-state index < -0.39 is 35.5 Å². The summed E-state index contributed by atoms with van der Waals surface area (Å²) in [5, 5.41) is 0. The third-order valence-electron chi connectivity index (χ3n) is 2.51. The van der Waals surface area contributed by atoms with Crippen LogP contribution in [0.3, 0.4) is 0 Å². The Bertz CT molecular complexity index is 310. The van der Waals surface area contributed by atoms with Gasteiger partial charge in [-0.25, -0.2) is 8.78 Å². The summed E-state index contributed by atoms with van der Waals surface area (Å²) in [7, 11) is 0. The van der Waals surface area contributed by atoms with Crippen LogP contribution in [0.2, 0.25) is 0 Å². The molecule has 0 unspecified atom stereocenters. The molecule has 1 aliphatic carbocycles. The predicted octanol–water partition coefficient (Wildman–Crippen LogP) is 3.81. The third-order valence-corrected chi connectivity index (χ3v) is 2.51. The zero-order valence-corrected chi connectivity index (χ0v) is 7.54. The van der Waals surface area contributed by atoms with Gasteiger partial charge in [-0.3, -0.25) is 0 Å². The lowest BCUT2D eigenvalue weighted by Crippen LogP contribution is -2.93. The highest BCUT2D eigenvalue weighted by Gasteiger charge is 3.10. The van der Waals surface area contributed by atoms with Crippen LogP contribution in [0.4, 0.5) is 52.7 Å². The van der Waals surface area contributed by atoms with Gasteiger partial charge in [0, 0.05) is 0 Å². The zero-order valence-electron chi connectivity index (χ0n) is 7.54. The molecule has 0 saturated heterocycles. The predicted molar refractivity (Wildman–Crippen MR) is 29.7 cm³/mol. The van der Waals surface area contributed by atoms with Gasteiger partial charge in [0.15, 0.2) is 0 Å². The Morgan fingerprint density at radius 3 is 0.722 bits per heavy atom. The molecule has 0 heterocycles. The van der Waals surface area contributed by atoms with Crippen LogP contribution >= 0.6 is 0 Å². The Labute approximate surface area is 89.5 Å². The van der Waals surface area contributed by atoms with Crippen LogP contribution < -0.4 is 0 Å². The van der Waals surface area contributed by atoms with Gasteiger partial charge in [0.05, 0.1) is 0 Å². The minimum Gasteiger partial charge on any atom is -0.220 e. The molecule has 0 spiro atoms. The van der Waals surface area contributed by atoms with E-state index in [-0.39, 0.29) is 0 Å². The van der Waals surface area contributed by atoms with Crippen LogP contribution in [-0.4, -0.2) is 35.5 Å². The summed E-state index contributed by atoms with van der Waals surface area (Å²) in [6.45, 7) is 0. The molecule has 0 aromatic carbocycles. The molecule has 0 aliphatic heterocycles. The summed E-state index contributed by atoms with van der Waals surface area (Å²) < 4.78 is 146. The minimum absolute atomic E-state index is 6.92. The van der Waals surface area contributed by atoms with Crippen LogP contribution in [0.15, 0.2) is 0 Å². The van der Waals surface area contributed by atoms with Crippen LogP contribution in [0.1, 0.15) is 0 Å². The van der Waals surface area contributed by atoms with E-state index in [2.05, 4.69) is 0 Å². The molecule has 0 amide bonds. The first-order valence-electron chi connectivity index (χ1n) is 3.77. The van der Waals surface area contributed by atoms with Gasteiger partial charge in [0.1, 0.15) is 0 Å². The van der Waals surface area contributed by atoms with E-state index in [4.69, 9.17) is 0 Å². The van der Waals surface area contributed by atoms with Crippen molar-refractivity contribution in [1.29, 1.82) is 0 Å². The number of halogens is 12. The Morgan fingerprint density at radius 1 is 0.444 bits per heavy atom. The molecule has 12 heteroatoms. The minimum atomic E-state index is -7.08. The van der Waals surface area contributed by atoms with E-state index in [1.165, 1.54) is 0 Å². The van der Waals surface area contributed by atoms with Gasteiger partial charge in [-0.2, -0.15) is 43.9 Å². The third kappa shape index (κ3) is 1.08. The number of hydrogen-bond acceptors (Lipinski definition) is 0. The highest BCUT2D eigenvalue weighted by atomic mass is 19.4. The van der Waals surface area contributed by atoms with E-state index in [9.17, 15) is 52.7 Å². The summed E-state index contributed by atoms with van der Waals surface area (Å²) in [6.07, 6.45) is -14.2. The summed E-state index contributed by atoms with van der Waals surface area (Å²) in [4.78, 5) is 0. The van der Waals surface area contributed by atoms with Gasteiger partial charge in [0.25, 0.3) is 0 Å². The normalized spacial score (nSPS) is 39.3. The molecule has 0 nitrogen and oxygen atoms in total. The Morgan fingerprint density at radius 2 is 0.611 bits per heavy atom. The summed E-state index contributed by atoms with van der Waals surface area (Å²) in [6, 6.07) is 0. The van der Waals surface area contributed by atoms with Crippen molar-refractivity contribution < 1.29 is 52.7 Å². The van der Waals surface area contributed by atoms with Crippen LogP contribution in [-0.2, 0) is 0 Å². The maximum atomic E-state index is 12.6. The molecule has 0 aromatic heterocycles. The van der Waals surface area contributed by atoms with Crippen molar-refractivity contribution >= 4 is 0 Å². The Hall–Kier alpha value is -0.840. The SMILES string of the molecule is FC(F)(F)C1(F)C(F)(F)C(F)(C(F)(F)F)C1(F)F. The molecule has 0 radical (unpaired) electrons. The maximum absolute atomic E-state index is 12.6. The van der Waals surface area contributed by atoms with E-state index in [0.717, 1.165) is 0 Å². The van der Waals surface area contributed by atoms with Crippen molar-refractivity contribution in [2.24, 2.45) is 0 Å². The van der Waals surface area contributed by atoms with E-state index >= 15 is 0 Å². The quantitative estimate of drug-likeness (QED) is 0.597. The van der Waals surface area contributed by atoms with Gasteiger partial charge in [-0.1, -0.05) is 0 Å². The fourth-order valence-corrected chi connectivity index (χ4v) is 1.52. The van der Waals surface area contributed by atoms with Gasteiger partial charge in [0.2, 0.25) is 0 Å². The Kier molecular flexibility index (Phi) is 2.54.